The van der Waals surface area contributed by atoms with E-state index < -0.39 is 23.8 Å². The molecule has 1 atom stereocenters. The molecule has 0 aliphatic carbocycles. The molecule has 0 aromatic heterocycles. The van der Waals surface area contributed by atoms with Crippen LogP contribution in [0.25, 0.3) is 0 Å². The summed E-state index contributed by atoms with van der Waals surface area (Å²) in [7, 11) is 0. The van der Waals surface area contributed by atoms with Crippen LogP contribution in [0.3, 0.4) is 0 Å². The fraction of sp³-hybridized carbons (Fsp3) is 0.875. The minimum absolute atomic E-state index is 0.127. The monoisotopic (exact) mass is 317 g/mol. The predicted octanol–water partition coefficient (Wildman–Crippen LogP) is 2.58. The molecule has 130 valence electrons. The number of aliphatic hydroxyl groups is 1. The van der Waals surface area contributed by atoms with Crippen LogP contribution >= 0.6 is 0 Å². The van der Waals surface area contributed by atoms with E-state index in [2.05, 4.69) is 0 Å². The molecule has 0 unspecified atom stereocenters. The van der Waals surface area contributed by atoms with Gasteiger partial charge in [-0.15, -0.1) is 0 Å². The summed E-state index contributed by atoms with van der Waals surface area (Å²) >= 11 is 0. The maximum absolute atomic E-state index is 12.2. The Morgan fingerprint density at radius 1 is 1.18 bits per heavy atom. The molecule has 0 aromatic carbocycles. The van der Waals surface area contributed by atoms with Crippen LogP contribution < -0.4 is 0 Å². The quantitative estimate of drug-likeness (QED) is 0.550. The summed E-state index contributed by atoms with van der Waals surface area (Å²) < 4.78 is 10.3. The molecule has 0 saturated heterocycles. The van der Waals surface area contributed by atoms with E-state index in [9.17, 15) is 14.7 Å². The molecule has 0 radical (unpaired) electrons. The molecular weight excluding hydrogens is 286 g/mol. The van der Waals surface area contributed by atoms with E-state index in [-0.39, 0.29) is 19.1 Å². The van der Waals surface area contributed by atoms with Crippen molar-refractivity contribution in [1.82, 2.24) is 4.90 Å². The summed E-state index contributed by atoms with van der Waals surface area (Å²) in [5, 5.41) is 9.92. The lowest BCUT2D eigenvalue weighted by Crippen LogP contribution is -2.45. The SMILES string of the molecule is CCCCOC(=O)[C@@H](O)CN(CC(C)C)C(=O)OC(C)(C)C. The van der Waals surface area contributed by atoms with Gasteiger partial charge in [0.2, 0.25) is 0 Å². The van der Waals surface area contributed by atoms with Crippen molar-refractivity contribution in [3.63, 3.8) is 0 Å². The van der Waals surface area contributed by atoms with Gasteiger partial charge in [0.15, 0.2) is 6.10 Å². The number of amides is 1. The molecule has 0 aliphatic heterocycles. The van der Waals surface area contributed by atoms with Crippen molar-refractivity contribution in [2.75, 3.05) is 19.7 Å². The van der Waals surface area contributed by atoms with Gasteiger partial charge >= 0.3 is 12.1 Å². The molecule has 0 fully saturated rings. The van der Waals surface area contributed by atoms with Crippen LogP contribution in [-0.2, 0) is 14.3 Å². The van der Waals surface area contributed by atoms with Gasteiger partial charge in [0, 0.05) is 6.54 Å². The van der Waals surface area contributed by atoms with E-state index in [0.29, 0.717) is 6.54 Å². The Hall–Kier alpha value is -1.30. The van der Waals surface area contributed by atoms with Crippen LogP contribution in [0.5, 0.6) is 0 Å². The van der Waals surface area contributed by atoms with Gasteiger partial charge in [-0.05, 0) is 33.1 Å². The molecule has 6 heteroatoms. The van der Waals surface area contributed by atoms with E-state index >= 15 is 0 Å². The van der Waals surface area contributed by atoms with Crippen molar-refractivity contribution >= 4 is 12.1 Å². The zero-order chi connectivity index (χ0) is 17.3. The highest BCUT2D eigenvalue weighted by molar-refractivity contribution is 5.76. The number of hydrogen-bond donors (Lipinski definition) is 1. The lowest BCUT2D eigenvalue weighted by molar-refractivity contribution is -0.154. The molecule has 1 N–H and O–H groups in total. The van der Waals surface area contributed by atoms with E-state index in [1.54, 1.807) is 20.8 Å². The maximum atomic E-state index is 12.2. The molecule has 0 rings (SSSR count). The molecule has 0 heterocycles. The number of nitrogens with zero attached hydrogens (tertiary/aromatic N) is 1. The lowest BCUT2D eigenvalue weighted by atomic mass is 10.2. The fourth-order valence-electron chi connectivity index (χ4n) is 1.69. The van der Waals surface area contributed by atoms with Crippen LogP contribution in [0.15, 0.2) is 0 Å². The molecule has 6 nitrogen and oxygen atoms in total. The Morgan fingerprint density at radius 3 is 2.23 bits per heavy atom. The van der Waals surface area contributed by atoms with Crippen molar-refractivity contribution in [2.45, 2.75) is 66.1 Å². The minimum atomic E-state index is -1.36. The Labute approximate surface area is 133 Å². The Bertz CT molecular complexity index is 349. The Kier molecular flexibility index (Phi) is 9.09. The average molecular weight is 317 g/mol. The van der Waals surface area contributed by atoms with Crippen molar-refractivity contribution in [1.29, 1.82) is 0 Å². The first-order chi connectivity index (χ1) is 10.1. The van der Waals surface area contributed by atoms with Gasteiger partial charge in [0.05, 0.1) is 13.2 Å². The minimum Gasteiger partial charge on any atom is -0.464 e. The van der Waals surface area contributed by atoms with E-state index in [4.69, 9.17) is 9.47 Å². The van der Waals surface area contributed by atoms with Gasteiger partial charge in [-0.2, -0.15) is 0 Å². The van der Waals surface area contributed by atoms with Crippen molar-refractivity contribution in [3.8, 4) is 0 Å². The molecule has 0 spiro atoms. The number of hydrogen-bond acceptors (Lipinski definition) is 5. The summed E-state index contributed by atoms with van der Waals surface area (Å²) in [6.45, 7) is 11.7. The number of esters is 1. The van der Waals surface area contributed by atoms with Crippen molar-refractivity contribution in [2.24, 2.45) is 5.92 Å². The Balaban J connectivity index is 4.63. The third kappa shape index (κ3) is 9.60. The van der Waals surface area contributed by atoms with E-state index in [1.807, 2.05) is 20.8 Å². The highest BCUT2D eigenvalue weighted by atomic mass is 16.6. The third-order valence-corrected chi connectivity index (χ3v) is 2.64. The second-order valence-electron chi connectivity index (χ2n) is 6.82. The third-order valence-electron chi connectivity index (χ3n) is 2.64. The fourth-order valence-corrected chi connectivity index (χ4v) is 1.69. The van der Waals surface area contributed by atoms with Gasteiger partial charge in [-0.3, -0.25) is 0 Å². The number of carbonyl (C=O) groups excluding carboxylic acids is 2. The average Bonchev–Trinajstić information content (AvgIpc) is 2.35. The van der Waals surface area contributed by atoms with Crippen molar-refractivity contribution < 1.29 is 24.2 Å². The largest absolute Gasteiger partial charge is 0.464 e. The van der Waals surface area contributed by atoms with Crippen LogP contribution in [0.1, 0.15) is 54.4 Å². The Morgan fingerprint density at radius 2 is 1.77 bits per heavy atom. The number of unbranched alkanes of at least 4 members (excludes halogenated alkanes) is 1. The summed E-state index contributed by atoms with van der Waals surface area (Å²) in [4.78, 5) is 25.2. The first kappa shape index (κ1) is 20.7. The molecule has 0 saturated carbocycles. The second kappa shape index (κ2) is 9.66. The van der Waals surface area contributed by atoms with E-state index in [0.717, 1.165) is 12.8 Å². The number of rotatable bonds is 8. The van der Waals surface area contributed by atoms with Gasteiger partial charge in [0.1, 0.15) is 5.60 Å². The lowest BCUT2D eigenvalue weighted by Gasteiger charge is -2.29. The van der Waals surface area contributed by atoms with Gasteiger partial charge in [0.25, 0.3) is 0 Å². The predicted molar refractivity (Wildman–Crippen MR) is 84.5 cm³/mol. The summed E-state index contributed by atoms with van der Waals surface area (Å²) in [5.41, 5.74) is -0.626. The van der Waals surface area contributed by atoms with Gasteiger partial charge in [-0.25, -0.2) is 9.59 Å². The molecule has 22 heavy (non-hydrogen) atoms. The van der Waals surface area contributed by atoms with Crippen LogP contribution in [0.2, 0.25) is 0 Å². The first-order valence-corrected chi connectivity index (χ1v) is 7.89. The molecule has 1 amide bonds. The second-order valence-corrected chi connectivity index (χ2v) is 6.82. The smallest absolute Gasteiger partial charge is 0.410 e. The van der Waals surface area contributed by atoms with Crippen molar-refractivity contribution in [3.05, 3.63) is 0 Å². The maximum Gasteiger partial charge on any atom is 0.410 e. The number of carbonyl (C=O) groups is 2. The summed E-state index contributed by atoms with van der Waals surface area (Å²) in [5.74, 6) is -0.512. The van der Waals surface area contributed by atoms with Gasteiger partial charge in [-0.1, -0.05) is 27.2 Å². The number of ether oxygens (including phenoxy) is 2. The van der Waals surface area contributed by atoms with E-state index in [1.165, 1.54) is 4.90 Å². The molecule has 0 bridgehead atoms. The highest BCUT2D eigenvalue weighted by Crippen LogP contribution is 2.12. The summed E-state index contributed by atoms with van der Waals surface area (Å²) in [6.07, 6.45) is -0.245. The molecular formula is C16H31NO5. The molecule has 0 aromatic rings. The standard InChI is InChI=1S/C16H31NO5/c1-7-8-9-21-14(19)13(18)11-17(10-12(2)3)15(20)22-16(4,5)6/h12-13,18H,7-11H2,1-6H3/t13-/m0/s1. The van der Waals surface area contributed by atoms with Crippen LogP contribution in [0.4, 0.5) is 4.79 Å². The van der Waals surface area contributed by atoms with Crippen LogP contribution in [-0.4, -0.2) is 53.5 Å². The summed E-state index contributed by atoms with van der Waals surface area (Å²) in [6, 6.07) is 0. The van der Waals surface area contributed by atoms with Gasteiger partial charge < -0.3 is 19.5 Å². The normalized spacial score (nSPS) is 12.9. The molecule has 0 aliphatic rings. The first-order valence-electron chi connectivity index (χ1n) is 7.89. The van der Waals surface area contributed by atoms with Crippen LogP contribution in [0, 0.1) is 5.92 Å². The highest BCUT2D eigenvalue weighted by Gasteiger charge is 2.27. The zero-order valence-corrected chi connectivity index (χ0v) is 14.7. The topological polar surface area (TPSA) is 76.1 Å². The zero-order valence-electron chi connectivity index (χ0n) is 14.7. The number of aliphatic hydroxyl groups excluding tert-OH is 1.